The number of amides is 2. The van der Waals surface area contributed by atoms with Gasteiger partial charge in [0.05, 0.1) is 10.6 Å². The molecule has 0 unspecified atom stereocenters. The van der Waals surface area contributed by atoms with Gasteiger partial charge < -0.3 is 10.2 Å². The van der Waals surface area contributed by atoms with Crippen LogP contribution in [0.3, 0.4) is 0 Å². The lowest BCUT2D eigenvalue weighted by atomic mass is 10.0. The second-order valence-corrected chi connectivity index (χ2v) is 13.8. The van der Waals surface area contributed by atoms with E-state index >= 15 is 0 Å². The van der Waals surface area contributed by atoms with Crippen molar-refractivity contribution < 1.29 is 18.0 Å². The number of anilines is 1. The lowest BCUT2D eigenvalue weighted by Gasteiger charge is -2.34. The van der Waals surface area contributed by atoms with E-state index in [1.165, 1.54) is 35.2 Å². The average molecular weight is 718 g/mol. The van der Waals surface area contributed by atoms with Crippen LogP contribution >= 0.6 is 39.1 Å². The lowest BCUT2D eigenvalue weighted by molar-refractivity contribution is -0.140. The topological polar surface area (TPSA) is 86.8 Å². The van der Waals surface area contributed by atoms with Crippen molar-refractivity contribution in [1.82, 2.24) is 10.2 Å². The van der Waals surface area contributed by atoms with Crippen molar-refractivity contribution >= 4 is 66.7 Å². The number of hydrogen-bond donors (Lipinski definition) is 1. The molecule has 230 valence electrons. The highest BCUT2D eigenvalue weighted by atomic mass is 79.9. The molecule has 4 rings (SSSR count). The number of nitrogens with one attached hydrogen (secondary N) is 1. The Labute approximate surface area is 277 Å². The summed E-state index contributed by atoms with van der Waals surface area (Å²) in [7, 11) is -4.25. The molecule has 7 nitrogen and oxygen atoms in total. The largest absolute Gasteiger partial charge is 0.354 e. The summed E-state index contributed by atoms with van der Waals surface area (Å²) in [5.41, 5.74) is 1.74. The summed E-state index contributed by atoms with van der Waals surface area (Å²) in [6.45, 7) is 1.83. The molecule has 1 atom stereocenters. The number of nitrogens with zero attached hydrogens (tertiary/aromatic N) is 2. The Hall–Kier alpha value is -3.37. The first-order valence-electron chi connectivity index (χ1n) is 14.0. The minimum Gasteiger partial charge on any atom is -0.354 e. The predicted molar refractivity (Wildman–Crippen MR) is 179 cm³/mol. The van der Waals surface area contributed by atoms with Gasteiger partial charge in [0.15, 0.2) is 0 Å². The van der Waals surface area contributed by atoms with Crippen LogP contribution in [0.1, 0.15) is 24.5 Å². The van der Waals surface area contributed by atoms with Crippen LogP contribution in [-0.4, -0.2) is 44.3 Å². The Kier molecular flexibility index (Phi) is 11.9. The molecule has 0 aliphatic heterocycles. The number of hydrogen-bond acceptors (Lipinski definition) is 4. The maximum atomic E-state index is 14.4. The second kappa shape index (κ2) is 15.6. The minimum absolute atomic E-state index is 0.0102. The highest BCUT2D eigenvalue weighted by Crippen LogP contribution is 2.30. The molecule has 0 saturated heterocycles. The molecular formula is C33H32BrCl2N3O4S. The van der Waals surface area contributed by atoms with E-state index in [4.69, 9.17) is 23.2 Å². The standard InChI is InChI=1S/C33H32BrCl2N3O4S/c1-2-16-37-33(41)31(18-24-10-5-3-6-11-24)38(22-25-12-9-13-26(34)17-25)32(40)23-39(29-20-27(35)19-28(36)21-29)44(42,43)30-14-7-4-8-15-30/h3-15,17,19-21,31H,2,16,18,22-23H2,1H3,(H,37,41)/t31-/m1/s1. The van der Waals surface area contributed by atoms with Gasteiger partial charge in [0, 0.05) is 34.0 Å². The third-order valence-corrected chi connectivity index (χ3v) is 9.53. The van der Waals surface area contributed by atoms with Crippen molar-refractivity contribution in [2.45, 2.75) is 37.2 Å². The number of sulfonamides is 1. The molecule has 0 radical (unpaired) electrons. The summed E-state index contributed by atoms with van der Waals surface area (Å²) >= 11 is 16.1. The number of benzene rings is 4. The van der Waals surface area contributed by atoms with Gasteiger partial charge in [-0.3, -0.25) is 13.9 Å². The summed E-state index contributed by atoms with van der Waals surface area (Å²) < 4.78 is 29.9. The van der Waals surface area contributed by atoms with Gasteiger partial charge in [0.2, 0.25) is 11.8 Å². The predicted octanol–water partition coefficient (Wildman–Crippen LogP) is 7.12. The van der Waals surface area contributed by atoms with E-state index in [0.717, 1.165) is 19.9 Å². The molecule has 0 aliphatic carbocycles. The molecular weight excluding hydrogens is 685 g/mol. The van der Waals surface area contributed by atoms with Gasteiger partial charge in [-0.15, -0.1) is 0 Å². The number of carbonyl (C=O) groups excluding carboxylic acids is 2. The van der Waals surface area contributed by atoms with E-state index in [-0.39, 0.29) is 39.5 Å². The fourth-order valence-corrected chi connectivity index (χ4v) is 7.06. The Bertz CT molecular complexity index is 1670. The zero-order valence-corrected chi connectivity index (χ0v) is 27.9. The molecule has 0 saturated carbocycles. The highest BCUT2D eigenvalue weighted by Gasteiger charge is 2.34. The second-order valence-electron chi connectivity index (χ2n) is 10.1. The quantitative estimate of drug-likeness (QED) is 0.160. The van der Waals surface area contributed by atoms with Crippen LogP contribution in [0.4, 0.5) is 5.69 Å². The molecule has 2 amide bonds. The van der Waals surface area contributed by atoms with Crippen molar-refractivity contribution in [2.24, 2.45) is 0 Å². The van der Waals surface area contributed by atoms with Crippen molar-refractivity contribution in [3.63, 3.8) is 0 Å². The van der Waals surface area contributed by atoms with Crippen LogP contribution in [-0.2, 0) is 32.6 Å². The minimum atomic E-state index is -4.25. The third-order valence-electron chi connectivity index (χ3n) is 6.81. The fourth-order valence-electron chi connectivity index (χ4n) is 4.68. The molecule has 4 aromatic rings. The van der Waals surface area contributed by atoms with Crippen LogP contribution in [0, 0.1) is 0 Å². The van der Waals surface area contributed by atoms with Crippen LogP contribution in [0.5, 0.6) is 0 Å². The summed E-state index contributed by atoms with van der Waals surface area (Å²) in [6, 6.07) is 28.1. The van der Waals surface area contributed by atoms with Crippen LogP contribution in [0.15, 0.2) is 112 Å². The first-order chi connectivity index (χ1) is 21.1. The van der Waals surface area contributed by atoms with Crippen LogP contribution < -0.4 is 9.62 Å². The summed E-state index contributed by atoms with van der Waals surface area (Å²) in [6.07, 6.45) is 0.937. The molecule has 0 aliphatic rings. The summed E-state index contributed by atoms with van der Waals surface area (Å²) in [5.74, 6) is -0.907. The van der Waals surface area contributed by atoms with Crippen LogP contribution in [0.25, 0.3) is 0 Å². The SMILES string of the molecule is CCCNC(=O)[C@@H](Cc1ccccc1)N(Cc1cccc(Br)c1)C(=O)CN(c1cc(Cl)cc(Cl)c1)S(=O)(=O)c1ccccc1. The first-order valence-corrected chi connectivity index (χ1v) is 17.0. The van der Waals surface area contributed by atoms with Gasteiger partial charge in [-0.05, 0) is 60.0 Å². The lowest BCUT2D eigenvalue weighted by Crippen LogP contribution is -2.53. The molecule has 0 bridgehead atoms. The van der Waals surface area contributed by atoms with Crippen molar-refractivity contribution in [3.8, 4) is 0 Å². The molecule has 11 heteroatoms. The zero-order chi connectivity index (χ0) is 31.7. The van der Waals surface area contributed by atoms with E-state index in [1.54, 1.807) is 18.2 Å². The monoisotopic (exact) mass is 715 g/mol. The first kappa shape index (κ1) is 33.5. The average Bonchev–Trinajstić information content (AvgIpc) is 3.00. The van der Waals surface area contributed by atoms with Crippen molar-refractivity contribution in [2.75, 3.05) is 17.4 Å². The van der Waals surface area contributed by atoms with E-state index in [1.807, 2.05) is 61.5 Å². The maximum Gasteiger partial charge on any atom is 0.264 e. The normalized spacial score (nSPS) is 11.9. The Morgan fingerprint density at radius 2 is 1.45 bits per heavy atom. The molecule has 1 N–H and O–H groups in total. The third kappa shape index (κ3) is 8.85. The zero-order valence-electron chi connectivity index (χ0n) is 24.0. The van der Waals surface area contributed by atoms with Gasteiger partial charge in [-0.25, -0.2) is 8.42 Å². The van der Waals surface area contributed by atoms with E-state index < -0.39 is 28.5 Å². The fraction of sp³-hybridized carbons (Fsp3) is 0.212. The Morgan fingerprint density at radius 3 is 2.07 bits per heavy atom. The van der Waals surface area contributed by atoms with E-state index in [2.05, 4.69) is 21.2 Å². The Balaban J connectivity index is 1.81. The molecule has 4 aromatic carbocycles. The van der Waals surface area contributed by atoms with Gasteiger partial charge in [-0.2, -0.15) is 0 Å². The maximum absolute atomic E-state index is 14.4. The molecule has 44 heavy (non-hydrogen) atoms. The number of carbonyl (C=O) groups is 2. The Morgan fingerprint density at radius 1 is 0.841 bits per heavy atom. The van der Waals surface area contributed by atoms with E-state index in [0.29, 0.717) is 13.0 Å². The summed E-state index contributed by atoms with van der Waals surface area (Å²) in [5, 5.41) is 3.35. The molecule has 0 spiro atoms. The van der Waals surface area contributed by atoms with Gasteiger partial charge >= 0.3 is 0 Å². The van der Waals surface area contributed by atoms with Gasteiger partial charge in [0.25, 0.3) is 10.0 Å². The van der Waals surface area contributed by atoms with Crippen molar-refractivity contribution in [1.29, 1.82) is 0 Å². The van der Waals surface area contributed by atoms with Crippen molar-refractivity contribution in [3.05, 3.63) is 129 Å². The van der Waals surface area contributed by atoms with Gasteiger partial charge in [-0.1, -0.05) is 107 Å². The summed E-state index contributed by atoms with van der Waals surface area (Å²) in [4.78, 5) is 29.6. The number of halogens is 3. The molecule has 0 heterocycles. The smallest absolute Gasteiger partial charge is 0.264 e. The molecule has 0 fully saturated rings. The molecule has 0 aromatic heterocycles. The number of rotatable bonds is 13. The van der Waals surface area contributed by atoms with E-state index in [9.17, 15) is 18.0 Å². The van der Waals surface area contributed by atoms with Gasteiger partial charge in [0.1, 0.15) is 12.6 Å². The van der Waals surface area contributed by atoms with Crippen LogP contribution in [0.2, 0.25) is 10.0 Å². The highest BCUT2D eigenvalue weighted by molar-refractivity contribution is 9.10.